The second-order valence-corrected chi connectivity index (χ2v) is 10.2. The Morgan fingerprint density at radius 3 is 1.82 bits per heavy atom. The molecule has 1 fully saturated rings. The summed E-state index contributed by atoms with van der Waals surface area (Å²) < 4.78 is 1.69. The van der Waals surface area contributed by atoms with E-state index < -0.39 is 0 Å². The van der Waals surface area contributed by atoms with Crippen LogP contribution in [0.1, 0.15) is 60.7 Å². The highest BCUT2D eigenvalue weighted by Gasteiger charge is 2.18. The van der Waals surface area contributed by atoms with E-state index in [2.05, 4.69) is 11.5 Å². The zero-order chi connectivity index (χ0) is 28.1. The predicted molar refractivity (Wildman–Crippen MR) is 157 cm³/mol. The van der Waals surface area contributed by atoms with Crippen LogP contribution < -0.4 is 4.90 Å². The van der Waals surface area contributed by atoms with Crippen molar-refractivity contribution < 1.29 is 19.5 Å². The summed E-state index contributed by atoms with van der Waals surface area (Å²) in [6.07, 6.45) is 5.17. The van der Waals surface area contributed by atoms with Crippen LogP contribution in [0.5, 0.6) is 0 Å². The van der Waals surface area contributed by atoms with Gasteiger partial charge in [-0.15, -0.1) is 0 Å². The number of hydrogen-bond acceptors (Lipinski definition) is 5. The van der Waals surface area contributed by atoms with Crippen LogP contribution in [0.4, 0.5) is 5.69 Å². The van der Waals surface area contributed by atoms with Gasteiger partial charge in [0.1, 0.15) is 0 Å². The fraction of sp³-hybridized carbons (Fsp3) is 0.206. The van der Waals surface area contributed by atoms with E-state index in [-0.39, 0.29) is 36.3 Å². The molecule has 0 unspecified atom stereocenters. The highest BCUT2D eigenvalue weighted by molar-refractivity contribution is 6.09. The largest absolute Gasteiger partial charge is 0.393 e. The molecule has 3 aromatic carbocycles. The maximum atomic E-state index is 13.0. The molecule has 1 N–H and O–H groups in total. The van der Waals surface area contributed by atoms with Crippen molar-refractivity contribution in [2.75, 3.05) is 18.0 Å². The van der Waals surface area contributed by atoms with Gasteiger partial charge in [-0.1, -0.05) is 55.1 Å². The number of anilines is 1. The molecular weight excluding hydrogens is 500 g/mol. The van der Waals surface area contributed by atoms with Crippen molar-refractivity contribution in [3.05, 3.63) is 131 Å². The number of aliphatic hydroxyl groups is 1. The minimum Gasteiger partial charge on any atom is -0.393 e. The maximum absolute atomic E-state index is 13.0. The van der Waals surface area contributed by atoms with Crippen molar-refractivity contribution in [3.8, 4) is 0 Å². The van der Waals surface area contributed by atoms with Crippen molar-refractivity contribution in [1.82, 2.24) is 4.57 Å². The van der Waals surface area contributed by atoms with Crippen molar-refractivity contribution in [2.45, 2.75) is 31.8 Å². The normalized spacial score (nSPS) is 13.7. The van der Waals surface area contributed by atoms with E-state index in [9.17, 15) is 19.5 Å². The molecule has 202 valence electrons. The van der Waals surface area contributed by atoms with E-state index >= 15 is 0 Å². The summed E-state index contributed by atoms with van der Waals surface area (Å²) in [7, 11) is 0. The Kier molecular flexibility index (Phi) is 8.18. The summed E-state index contributed by atoms with van der Waals surface area (Å²) in [6.45, 7) is 5.34. The van der Waals surface area contributed by atoms with Crippen molar-refractivity contribution in [2.24, 2.45) is 0 Å². The molecule has 5 rings (SSSR count). The van der Waals surface area contributed by atoms with Gasteiger partial charge < -0.3 is 14.6 Å². The minimum absolute atomic E-state index is 0.0187. The number of carbonyl (C=O) groups excluding carboxylic acids is 3. The lowest BCUT2D eigenvalue weighted by molar-refractivity contribution is 0.0981. The SMILES string of the molecule is C=Cn1cccc1C(=O)Cc1ccc(C(=O)c2ccc(CC(=O)c3ccc(N4CCC(O)CC4)cc3)cc2)cc1. The molecular formula is C34H32N2O4. The van der Waals surface area contributed by atoms with Gasteiger partial charge in [0.25, 0.3) is 0 Å². The molecule has 4 aromatic rings. The lowest BCUT2D eigenvalue weighted by Gasteiger charge is -2.31. The smallest absolute Gasteiger partial charge is 0.193 e. The molecule has 0 saturated carbocycles. The third-order valence-corrected chi connectivity index (χ3v) is 7.44. The van der Waals surface area contributed by atoms with Gasteiger partial charge in [-0.2, -0.15) is 0 Å². The van der Waals surface area contributed by atoms with Crippen LogP contribution in [0.2, 0.25) is 0 Å². The van der Waals surface area contributed by atoms with Crippen molar-refractivity contribution >= 4 is 29.2 Å². The van der Waals surface area contributed by atoms with Crippen LogP contribution in [0.25, 0.3) is 6.20 Å². The second-order valence-electron chi connectivity index (χ2n) is 10.2. The lowest BCUT2D eigenvalue weighted by atomic mass is 9.97. The highest BCUT2D eigenvalue weighted by atomic mass is 16.3. The van der Waals surface area contributed by atoms with Crippen molar-refractivity contribution in [3.63, 3.8) is 0 Å². The molecule has 1 aliphatic heterocycles. The number of nitrogens with zero attached hydrogens (tertiary/aromatic N) is 2. The number of hydrogen-bond donors (Lipinski definition) is 1. The van der Waals surface area contributed by atoms with E-state index in [1.807, 2.05) is 36.4 Å². The number of carbonyl (C=O) groups is 3. The van der Waals surface area contributed by atoms with Gasteiger partial charge in [0, 0.05) is 60.7 Å². The number of aliphatic hydroxyl groups excluding tert-OH is 1. The monoisotopic (exact) mass is 532 g/mol. The van der Waals surface area contributed by atoms with Crippen LogP contribution in [0, 0.1) is 0 Å². The summed E-state index contributed by atoms with van der Waals surface area (Å²) in [5.41, 5.74) is 5.04. The topological polar surface area (TPSA) is 79.6 Å². The molecule has 0 atom stereocenters. The number of Topliss-reactive ketones (excluding diaryl/α,β-unsaturated/α-hetero) is 2. The first kappa shape index (κ1) is 27.0. The summed E-state index contributed by atoms with van der Waals surface area (Å²) in [5, 5.41) is 9.71. The zero-order valence-corrected chi connectivity index (χ0v) is 22.3. The average Bonchev–Trinajstić information content (AvgIpc) is 3.47. The summed E-state index contributed by atoms with van der Waals surface area (Å²) in [5.74, 6) is -0.116. The molecule has 0 aliphatic carbocycles. The van der Waals surface area contributed by atoms with E-state index in [0.29, 0.717) is 22.4 Å². The van der Waals surface area contributed by atoms with Gasteiger partial charge in [0.15, 0.2) is 17.3 Å². The Balaban J connectivity index is 1.17. The number of benzene rings is 3. The standard InChI is InChI=1S/C34H32N2O4/c1-2-35-19-3-4-31(35)33(39)23-25-7-11-28(12-8-25)34(40)27-9-5-24(6-10-27)22-32(38)26-13-15-29(16-14-26)36-20-17-30(37)18-21-36/h2-16,19,30,37H,1,17-18,20-23H2. The number of ketones is 3. The molecule has 6 heteroatoms. The molecule has 1 aliphatic rings. The summed E-state index contributed by atoms with van der Waals surface area (Å²) in [6, 6.07) is 25.4. The third-order valence-electron chi connectivity index (χ3n) is 7.44. The minimum atomic E-state index is -0.219. The first-order chi connectivity index (χ1) is 19.4. The molecule has 0 amide bonds. The van der Waals surface area contributed by atoms with E-state index in [1.165, 1.54) is 0 Å². The number of rotatable bonds is 10. The number of piperidine rings is 1. The Bertz CT molecular complexity index is 1510. The van der Waals surface area contributed by atoms with Crippen LogP contribution in [0.3, 0.4) is 0 Å². The quantitative estimate of drug-likeness (QED) is 0.268. The fourth-order valence-electron chi connectivity index (χ4n) is 5.05. The molecule has 0 bridgehead atoms. The second kappa shape index (κ2) is 12.1. The van der Waals surface area contributed by atoms with Crippen molar-refractivity contribution in [1.29, 1.82) is 0 Å². The summed E-state index contributed by atoms with van der Waals surface area (Å²) >= 11 is 0. The highest BCUT2D eigenvalue weighted by Crippen LogP contribution is 2.22. The molecule has 1 saturated heterocycles. The molecule has 40 heavy (non-hydrogen) atoms. The van der Waals surface area contributed by atoms with E-state index in [4.69, 9.17) is 0 Å². The van der Waals surface area contributed by atoms with Gasteiger partial charge in [-0.3, -0.25) is 14.4 Å². The third kappa shape index (κ3) is 6.19. The van der Waals surface area contributed by atoms with Gasteiger partial charge in [-0.05, 0) is 60.4 Å². The fourth-order valence-corrected chi connectivity index (χ4v) is 5.05. The molecule has 2 heterocycles. The van der Waals surface area contributed by atoms with E-state index in [1.54, 1.807) is 65.5 Å². The average molecular weight is 533 g/mol. The zero-order valence-electron chi connectivity index (χ0n) is 22.3. The molecule has 0 spiro atoms. The predicted octanol–water partition coefficient (Wildman–Crippen LogP) is 5.63. The maximum Gasteiger partial charge on any atom is 0.193 e. The Morgan fingerprint density at radius 1 is 0.750 bits per heavy atom. The van der Waals surface area contributed by atoms with Gasteiger partial charge >= 0.3 is 0 Å². The van der Waals surface area contributed by atoms with Crippen LogP contribution >= 0.6 is 0 Å². The van der Waals surface area contributed by atoms with Gasteiger partial charge in [0.05, 0.1) is 11.8 Å². The summed E-state index contributed by atoms with van der Waals surface area (Å²) in [4.78, 5) is 40.7. The lowest BCUT2D eigenvalue weighted by Crippen LogP contribution is -2.35. The first-order valence-electron chi connectivity index (χ1n) is 13.5. The first-order valence-corrected chi connectivity index (χ1v) is 13.5. The van der Waals surface area contributed by atoms with E-state index in [0.717, 1.165) is 42.7 Å². The van der Waals surface area contributed by atoms with Gasteiger partial charge in [-0.25, -0.2) is 0 Å². The number of aromatic nitrogens is 1. The van der Waals surface area contributed by atoms with Crippen LogP contribution in [-0.2, 0) is 12.8 Å². The Morgan fingerprint density at radius 2 is 1.27 bits per heavy atom. The van der Waals surface area contributed by atoms with Gasteiger partial charge in [0.2, 0.25) is 0 Å². The van der Waals surface area contributed by atoms with Crippen LogP contribution in [-0.4, -0.2) is 46.2 Å². The Labute approximate surface area is 234 Å². The van der Waals surface area contributed by atoms with Crippen LogP contribution in [0.15, 0.2) is 97.7 Å². The Hall–Kier alpha value is -4.55. The molecule has 6 nitrogen and oxygen atoms in total. The molecule has 0 radical (unpaired) electrons. The molecule has 1 aromatic heterocycles.